The number of aliphatic carboxylic acids is 1. The van der Waals surface area contributed by atoms with Crippen LogP contribution in [0.3, 0.4) is 0 Å². The monoisotopic (exact) mass is 392 g/mol. The second-order valence-electron chi connectivity index (χ2n) is 7.15. The molecule has 3 atom stereocenters. The van der Waals surface area contributed by atoms with Crippen LogP contribution in [-0.2, 0) is 4.79 Å². The van der Waals surface area contributed by atoms with Gasteiger partial charge in [-0.25, -0.2) is 4.79 Å². The van der Waals surface area contributed by atoms with E-state index in [-0.39, 0.29) is 0 Å². The topological polar surface area (TPSA) is 82.2 Å². The van der Waals surface area contributed by atoms with E-state index in [9.17, 15) is 14.7 Å². The molecule has 0 bridgehead atoms. The minimum Gasteiger partial charge on any atom is -0.479 e. The minimum absolute atomic E-state index is 0.302. The van der Waals surface area contributed by atoms with Crippen molar-refractivity contribution in [2.45, 2.75) is 32.2 Å². The van der Waals surface area contributed by atoms with Gasteiger partial charge in [0.15, 0.2) is 0 Å². The molecule has 2 aromatic rings. The third-order valence-corrected chi connectivity index (χ3v) is 5.95. The van der Waals surface area contributed by atoms with Crippen LogP contribution >= 0.6 is 23.2 Å². The predicted octanol–water partition coefficient (Wildman–Crippen LogP) is 4.32. The number of aromatic amines is 1. The predicted molar refractivity (Wildman–Crippen MR) is 101 cm³/mol. The van der Waals surface area contributed by atoms with E-state index in [1.165, 1.54) is 0 Å². The highest BCUT2D eigenvalue weighted by Crippen LogP contribution is 2.49. The number of carboxylic acid groups (broad SMARTS) is 1. The van der Waals surface area contributed by atoms with Crippen LogP contribution in [0.15, 0.2) is 23.8 Å². The molecule has 0 saturated heterocycles. The lowest BCUT2D eigenvalue weighted by Crippen LogP contribution is -2.43. The van der Waals surface area contributed by atoms with Crippen LogP contribution in [0.2, 0.25) is 10.0 Å². The molecule has 3 N–H and O–H groups in total. The van der Waals surface area contributed by atoms with Crippen LogP contribution < -0.4 is 5.32 Å². The van der Waals surface area contributed by atoms with Gasteiger partial charge in [0.2, 0.25) is 0 Å². The van der Waals surface area contributed by atoms with Gasteiger partial charge in [0.1, 0.15) is 11.7 Å². The second-order valence-corrected chi connectivity index (χ2v) is 8.00. The summed E-state index contributed by atoms with van der Waals surface area (Å²) in [5, 5.41) is 13.9. The molecule has 1 fully saturated rings. The number of carbonyl (C=O) groups is 2. The Bertz CT molecular complexity index is 963. The number of benzene rings is 1. The Labute approximate surface area is 160 Å². The number of carboxylic acids is 1. The number of aromatic nitrogens is 1. The van der Waals surface area contributed by atoms with Crippen molar-refractivity contribution in [3.05, 3.63) is 45.1 Å². The lowest BCUT2D eigenvalue weighted by atomic mass is 9.93. The molecule has 136 valence electrons. The number of carbonyl (C=O) groups excluding carboxylic acids is 1. The van der Waals surface area contributed by atoms with E-state index in [1.807, 2.05) is 6.08 Å². The molecular weight excluding hydrogens is 375 g/mol. The Hall–Kier alpha value is -1.98. The zero-order valence-corrected chi connectivity index (χ0v) is 15.6. The number of amides is 1. The number of nitrogens with one attached hydrogen (secondary N) is 2. The molecule has 1 saturated carbocycles. The summed E-state index contributed by atoms with van der Waals surface area (Å²) in [7, 11) is 0. The zero-order valence-electron chi connectivity index (χ0n) is 14.1. The number of hydrogen-bond acceptors (Lipinski definition) is 2. The Morgan fingerprint density at radius 2 is 2.08 bits per heavy atom. The summed E-state index contributed by atoms with van der Waals surface area (Å²) in [6.45, 7) is 1.78. The fourth-order valence-corrected chi connectivity index (χ4v) is 4.56. The van der Waals surface area contributed by atoms with E-state index < -0.39 is 17.9 Å². The maximum atomic E-state index is 12.8. The maximum Gasteiger partial charge on any atom is 0.330 e. The summed E-state index contributed by atoms with van der Waals surface area (Å²) >= 11 is 12.3. The number of fused-ring (bicyclic) bond motifs is 2. The average Bonchev–Trinajstić information content (AvgIpc) is 3.27. The quantitative estimate of drug-likeness (QED) is 0.677. The largest absolute Gasteiger partial charge is 0.479 e. The van der Waals surface area contributed by atoms with E-state index in [0.29, 0.717) is 44.0 Å². The molecule has 4 rings (SSSR count). The molecule has 1 aromatic heterocycles. The van der Waals surface area contributed by atoms with Gasteiger partial charge >= 0.3 is 5.97 Å². The summed E-state index contributed by atoms with van der Waals surface area (Å²) in [5.41, 5.74) is 2.41. The van der Waals surface area contributed by atoms with Crippen LogP contribution in [0.1, 0.15) is 35.3 Å². The van der Waals surface area contributed by atoms with Gasteiger partial charge in [-0.1, -0.05) is 29.3 Å². The standard InChI is InChI=1S/C19H18Cl2N2O3/c1-8-15-13(21)6-12(20)7-14(15)22-16(8)18(24)23-17(19(25)26)10-3-2-9-4-11(9)5-10/h3,6-7,9,11,17,22H,2,4-5H2,1H3,(H,23,24)(H,25,26)/t9?,11?,17-/m1/s1. The number of allylic oxidation sites excluding steroid dienone is 1. The van der Waals surface area contributed by atoms with Crippen molar-refractivity contribution in [3.63, 3.8) is 0 Å². The molecule has 1 heterocycles. The van der Waals surface area contributed by atoms with Gasteiger partial charge in [-0.2, -0.15) is 0 Å². The van der Waals surface area contributed by atoms with E-state index in [0.717, 1.165) is 24.8 Å². The second kappa shape index (κ2) is 6.32. The molecule has 5 nitrogen and oxygen atoms in total. The van der Waals surface area contributed by atoms with Crippen molar-refractivity contribution in [3.8, 4) is 0 Å². The first-order valence-corrected chi connectivity index (χ1v) is 9.30. The summed E-state index contributed by atoms with van der Waals surface area (Å²) in [6.07, 6.45) is 4.77. The Balaban J connectivity index is 1.63. The fourth-order valence-electron chi connectivity index (χ4n) is 3.92. The van der Waals surface area contributed by atoms with E-state index in [4.69, 9.17) is 23.2 Å². The van der Waals surface area contributed by atoms with Crippen molar-refractivity contribution < 1.29 is 14.7 Å². The Morgan fingerprint density at radius 1 is 1.31 bits per heavy atom. The smallest absolute Gasteiger partial charge is 0.330 e. The average molecular weight is 393 g/mol. The lowest BCUT2D eigenvalue weighted by molar-refractivity contribution is -0.138. The maximum absolute atomic E-state index is 12.8. The lowest BCUT2D eigenvalue weighted by Gasteiger charge is -2.20. The van der Waals surface area contributed by atoms with Crippen molar-refractivity contribution in [2.24, 2.45) is 11.8 Å². The molecule has 0 spiro atoms. The summed E-state index contributed by atoms with van der Waals surface area (Å²) in [6, 6.07) is 2.30. The number of halogens is 2. The van der Waals surface area contributed by atoms with Crippen LogP contribution in [0, 0.1) is 18.8 Å². The van der Waals surface area contributed by atoms with Gasteiger partial charge in [-0.15, -0.1) is 0 Å². The van der Waals surface area contributed by atoms with E-state index in [2.05, 4.69) is 10.3 Å². The molecule has 2 aliphatic carbocycles. The molecule has 0 radical (unpaired) electrons. The number of H-pyrrole nitrogens is 1. The van der Waals surface area contributed by atoms with Gasteiger partial charge in [0, 0.05) is 15.9 Å². The summed E-state index contributed by atoms with van der Waals surface area (Å²) < 4.78 is 0. The van der Waals surface area contributed by atoms with E-state index >= 15 is 0 Å². The molecule has 0 aliphatic heterocycles. The molecule has 2 unspecified atom stereocenters. The SMILES string of the molecule is Cc1c(C(=O)N[C@@H](C(=O)O)C2=CCC3CC3C2)[nH]c2cc(Cl)cc(Cl)c12. The first-order valence-electron chi connectivity index (χ1n) is 8.55. The number of aryl methyl sites for hydroxylation is 1. The third-order valence-electron chi connectivity index (χ3n) is 5.43. The number of hydrogen-bond donors (Lipinski definition) is 3. The zero-order chi connectivity index (χ0) is 18.6. The Kier molecular flexibility index (Phi) is 4.24. The number of rotatable bonds is 4. The van der Waals surface area contributed by atoms with Gasteiger partial charge in [-0.3, -0.25) is 4.79 Å². The Morgan fingerprint density at radius 3 is 2.77 bits per heavy atom. The van der Waals surface area contributed by atoms with Crippen molar-refractivity contribution in [1.29, 1.82) is 0 Å². The molecule has 2 aliphatic rings. The van der Waals surface area contributed by atoms with Gasteiger partial charge in [-0.05, 0) is 61.3 Å². The van der Waals surface area contributed by atoms with Gasteiger partial charge < -0.3 is 15.4 Å². The van der Waals surface area contributed by atoms with Crippen molar-refractivity contribution in [1.82, 2.24) is 10.3 Å². The molecular formula is C19H18Cl2N2O3. The molecule has 7 heteroatoms. The third kappa shape index (κ3) is 2.99. The highest BCUT2D eigenvalue weighted by Gasteiger charge is 2.41. The van der Waals surface area contributed by atoms with E-state index in [1.54, 1.807) is 19.1 Å². The molecule has 1 aromatic carbocycles. The first kappa shape index (κ1) is 17.4. The van der Waals surface area contributed by atoms with Crippen LogP contribution in [0.4, 0.5) is 0 Å². The van der Waals surface area contributed by atoms with Gasteiger partial charge in [0.25, 0.3) is 5.91 Å². The fraction of sp³-hybridized carbons (Fsp3) is 0.368. The van der Waals surface area contributed by atoms with Crippen LogP contribution in [0.25, 0.3) is 10.9 Å². The van der Waals surface area contributed by atoms with Crippen LogP contribution in [-0.4, -0.2) is 28.0 Å². The minimum atomic E-state index is -1.04. The highest BCUT2D eigenvalue weighted by atomic mass is 35.5. The van der Waals surface area contributed by atoms with Gasteiger partial charge in [0.05, 0.1) is 5.02 Å². The highest BCUT2D eigenvalue weighted by molar-refractivity contribution is 6.39. The summed E-state index contributed by atoms with van der Waals surface area (Å²) in [4.78, 5) is 27.5. The van der Waals surface area contributed by atoms with Crippen LogP contribution in [0.5, 0.6) is 0 Å². The molecule has 1 amide bonds. The summed E-state index contributed by atoms with van der Waals surface area (Å²) in [5.74, 6) is -0.230. The first-order chi connectivity index (χ1) is 12.3. The normalized spacial score (nSPS) is 22.5. The van der Waals surface area contributed by atoms with Crippen molar-refractivity contribution in [2.75, 3.05) is 0 Å². The van der Waals surface area contributed by atoms with Crippen molar-refractivity contribution >= 4 is 46.0 Å². The molecule has 26 heavy (non-hydrogen) atoms.